The highest BCUT2D eigenvalue weighted by Gasteiger charge is 2.32. The lowest BCUT2D eigenvalue weighted by Gasteiger charge is -2.28. The smallest absolute Gasteiger partial charge is 0.229 e. The highest BCUT2D eigenvalue weighted by atomic mass is 32.1. The molecule has 0 amide bonds. The van der Waals surface area contributed by atoms with Gasteiger partial charge in [0.2, 0.25) is 10.7 Å². The van der Waals surface area contributed by atoms with Gasteiger partial charge in [-0.25, -0.2) is 0 Å². The monoisotopic (exact) mass is 353 g/mol. The van der Waals surface area contributed by atoms with Gasteiger partial charge in [-0.3, -0.25) is 0 Å². The molecular formula is C18H15N3O3S. The van der Waals surface area contributed by atoms with Crippen molar-refractivity contribution in [2.75, 3.05) is 12.8 Å². The van der Waals surface area contributed by atoms with E-state index in [1.807, 2.05) is 30.3 Å². The molecule has 1 aliphatic rings. The van der Waals surface area contributed by atoms with Crippen LogP contribution in [-0.2, 0) is 0 Å². The number of fused-ring (bicyclic) bond motifs is 2. The summed E-state index contributed by atoms with van der Waals surface area (Å²) in [6.07, 6.45) is 0. The molecule has 0 radical (unpaired) electrons. The first kappa shape index (κ1) is 15.5. The Bertz CT molecular complexity index is 1020. The van der Waals surface area contributed by atoms with E-state index in [4.69, 9.17) is 27.4 Å². The molecule has 25 heavy (non-hydrogen) atoms. The first-order valence-corrected chi connectivity index (χ1v) is 8.02. The third-order valence-electron chi connectivity index (χ3n) is 4.22. The van der Waals surface area contributed by atoms with E-state index in [-0.39, 0.29) is 16.4 Å². The van der Waals surface area contributed by atoms with Crippen molar-refractivity contribution in [1.29, 1.82) is 0 Å². The van der Waals surface area contributed by atoms with Crippen LogP contribution < -0.4 is 15.2 Å². The SMILES string of the molecule is COc1ccc(C2c3ccc(O)cc3Oc3nc(=S)[nH]c(N)c32)cc1. The molecule has 0 saturated carbocycles. The van der Waals surface area contributed by atoms with Gasteiger partial charge in [0.1, 0.15) is 23.1 Å². The number of hydrogen-bond donors (Lipinski definition) is 3. The Labute approximate surface area is 148 Å². The van der Waals surface area contributed by atoms with E-state index in [1.165, 1.54) is 0 Å². The van der Waals surface area contributed by atoms with Crippen LogP contribution in [0.1, 0.15) is 22.6 Å². The van der Waals surface area contributed by atoms with Crippen LogP contribution in [0, 0.1) is 4.77 Å². The van der Waals surface area contributed by atoms with Gasteiger partial charge in [-0.2, -0.15) is 4.98 Å². The Kier molecular flexibility index (Phi) is 3.58. The number of nitrogens with zero attached hydrogens (tertiary/aromatic N) is 1. The normalized spacial score (nSPS) is 15.0. The number of anilines is 1. The average molecular weight is 353 g/mol. The summed E-state index contributed by atoms with van der Waals surface area (Å²) in [5, 5.41) is 9.80. The number of hydrogen-bond acceptors (Lipinski definition) is 6. The lowest BCUT2D eigenvalue weighted by atomic mass is 9.83. The molecular weight excluding hydrogens is 338 g/mol. The standard InChI is InChI=1S/C18H15N3O3S/c1-23-11-5-2-9(3-6-11)14-12-7-4-10(22)8-13(12)24-17-15(14)16(19)20-18(25)21-17/h2-8,14,22H,1H3,(H3,19,20,21,25). The molecule has 0 aliphatic carbocycles. The highest BCUT2D eigenvalue weighted by molar-refractivity contribution is 7.71. The lowest BCUT2D eigenvalue weighted by molar-refractivity contribution is 0.414. The Hall–Kier alpha value is -3.06. The molecule has 1 aliphatic heterocycles. The fourth-order valence-electron chi connectivity index (χ4n) is 3.09. The molecule has 0 bridgehead atoms. The van der Waals surface area contributed by atoms with Crippen molar-refractivity contribution in [3.05, 3.63) is 63.9 Å². The van der Waals surface area contributed by atoms with E-state index < -0.39 is 0 Å². The molecule has 1 unspecified atom stereocenters. The molecule has 2 heterocycles. The fourth-order valence-corrected chi connectivity index (χ4v) is 3.28. The van der Waals surface area contributed by atoms with Gasteiger partial charge in [0, 0.05) is 17.5 Å². The zero-order valence-corrected chi connectivity index (χ0v) is 14.1. The molecule has 4 N–H and O–H groups in total. The van der Waals surface area contributed by atoms with Crippen molar-refractivity contribution in [2.45, 2.75) is 5.92 Å². The second-order valence-electron chi connectivity index (χ2n) is 5.70. The summed E-state index contributed by atoms with van der Waals surface area (Å²) in [4.78, 5) is 7.15. The highest BCUT2D eigenvalue weighted by Crippen LogP contribution is 2.49. The molecule has 0 fully saturated rings. The Morgan fingerprint density at radius 1 is 1.24 bits per heavy atom. The number of rotatable bonds is 2. The lowest BCUT2D eigenvalue weighted by Crippen LogP contribution is -2.16. The van der Waals surface area contributed by atoms with E-state index in [2.05, 4.69) is 9.97 Å². The molecule has 1 aromatic heterocycles. The van der Waals surface area contributed by atoms with E-state index in [0.29, 0.717) is 17.4 Å². The minimum Gasteiger partial charge on any atom is -0.508 e. The topological polar surface area (TPSA) is 93.4 Å². The third-order valence-corrected chi connectivity index (χ3v) is 4.41. The average Bonchev–Trinajstić information content (AvgIpc) is 2.59. The quantitative estimate of drug-likeness (QED) is 0.476. The summed E-state index contributed by atoms with van der Waals surface area (Å²) in [6, 6.07) is 12.7. The van der Waals surface area contributed by atoms with E-state index in [0.717, 1.165) is 22.4 Å². The zero-order valence-electron chi connectivity index (χ0n) is 13.3. The Balaban J connectivity index is 1.97. The summed E-state index contributed by atoms with van der Waals surface area (Å²) in [5.41, 5.74) is 8.80. The number of aromatic nitrogens is 2. The van der Waals surface area contributed by atoms with E-state index in [1.54, 1.807) is 19.2 Å². The minimum atomic E-state index is -0.204. The molecule has 2 aromatic carbocycles. The molecule has 4 rings (SSSR count). The van der Waals surface area contributed by atoms with Crippen LogP contribution in [0.2, 0.25) is 0 Å². The van der Waals surface area contributed by atoms with Gasteiger partial charge in [-0.05, 0) is 36.0 Å². The van der Waals surface area contributed by atoms with Crippen LogP contribution in [0.15, 0.2) is 42.5 Å². The largest absolute Gasteiger partial charge is 0.508 e. The summed E-state index contributed by atoms with van der Waals surface area (Å²) >= 11 is 5.10. The number of nitrogen functional groups attached to an aromatic ring is 1. The number of phenolic OH excluding ortho intramolecular Hbond substituents is 1. The van der Waals surface area contributed by atoms with Crippen LogP contribution in [-0.4, -0.2) is 22.2 Å². The molecule has 0 saturated heterocycles. The van der Waals surface area contributed by atoms with Gasteiger partial charge in [0.15, 0.2) is 0 Å². The van der Waals surface area contributed by atoms with Gasteiger partial charge in [-0.15, -0.1) is 0 Å². The van der Waals surface area contributed by atoms with Crippen LogP contribution in [0.3, 0.4) is 0 Å². The Morgan fingerprint density at radius 2 is 2.00 bits per heavy atom. The second-order valence-corrected chi connectivity index (χ2v) is 6.09. The van der Waals surface area contributed by atoms with Crippen molar-refractivity contribution >= 4 is 18.0 Å². The summed E-state index contributed by atoms with van der Waals surface area (Å²) in [7, 11) is 1.62. The van der Waals surface area contributed by atoms with E-state index in [9.17, 15) is 5.11 Å². The number of aromatic hydroxyl groups is 1. The third kappa shape index (κ3) is 2.58. The number of phenols is 1. The number of nitrogens with two attached hydrogens (primary N) is 1. The molecule has 6 nitrogen and oxygen atoms in total. The summed E-state index contributed by atoms with van der Waals surface area (Å²) < 4.78 is 11.3. The molecule has 3 aromatic rings. The van der Waals surface area contributed by atoms with Gasteiger partial charge in [0.25, 0.3) is 0 Å². The van der Waals surface area contributed by atoms with E-state index >= 15 is 0 Å². The first-order chi connectivity index (χ1) is 12.1. The van der Waals surface area contributed by atoms with Crippen LogP contribution >= 0.6 is 12.2 Å². The number of nitrogens with one attached hydrogen (secondary N) is 1. The maximum Gasteiger partial charge on any atom is 0.229 e. The number of ether oxygens (including phenoxy) is 2. The van der Waals surface area contributed by atoms with Gasteiger partial charge < -0.3 is 25.3 Å². The molecule has 0 spiro atoms. The van der Waals surface area contributed by atoms with Crippen molar-refractivity contribution in [3.63, 3.8) is 0 Å². The summed E-state index contributed by atoms with van der Waals surface area (Å²) in [5.74, 6) is 1.96. The van der Waals surface area contributed by atoms with Crippen LogP contribution in [0.5, 0.6) is 23.1 Å². The van der Waals surface area contributed by atoms with Gasteiger partial charge in [-0.1, -0.05) is 18.2 Å². The number of H-pyrrole nitrogens is 1. The second kappa shape index (κ2) is 5.78. The van der Waals surface area contributed by atoms with Crippen molar-refractivity contribution in [3.8, 4) is 23.1 Å². The van der Waals surface area contributed by atoms with Crippen LogP contribution in [0.4, 0.5) is 5.82 Å². The molecule has 1 atom stereocenters. The maximum atomic E-state index is 9.80. The fraction of sp³-hybridized carbons (Fsp3) is 0.111. The van der Waals surface area contributed by atoms with Crippen molar-refractivity contribution in [1.82, 2.24) is 9.97 Å². The zero-order chi connectivity index (χ0) is 17.6. The minimum absolute atomic E-state index is 0.116. The van der Waals surface area contributed by atoms with Crippen LogP contribution in [0.25, 0.3) is 0 Å². The maximum absolute atomic E-state index is 9.80. The number of methoxy groups -OCH3 is 1. The predicted octanol–water partition coefficient (Wildman–Crippen LogP) is 3.72. The number of benzene rings is 2. The van der Waals surface area contributed by atoms with Crippen molar-refractivity contribution in [2.24, 2.45) is 0 Å². The predicted molar refractivity (Wildman–Crippen MR) is 96.0 cm³/mol. The Morgan fingerprint density at radius 3 is 2.72 bits per heavy atom. The van der Waals surface area contributed by atoms with Crippen molar-refractivity contribution < 1.29 is 14.6 Å². The molecule has 126 valence electrons. The first-order valence-electron chi connectivity index (χ1n) is 7.61. The number of aromatic amines is 1. The van der Waals surface area contributed by atoms with Gasteiger partial charge in [0.05, 0.1) is 12.7 Å². The molecule has 7 heteroatoms. The van der Waals surface area contributed by atoms with Gasteiger partial charge >= 0.3 is 0 Å². The summed E-state index contributed by atoms with van der Waals surface area (Å²) in [6.45, 7) is 0.